The van der Waals surface area contributed by atoms with Gasteiger partial charge in [0.1, 0.15) is 5.92 Å². The number of allylic oxidation sites excluding steroid dienone is 1. The van der Waals surface area contributed by atoms with Crippen molar-refractivity contribution in [2.75, 3.05) is 21.3 Å². The van der Waals surface area contributed by atoms with E-state index in [0.29, 0.717) is 28.6 Å². The van der Waals surface area contributed by atoms with E-state index in [9.17, 15) is 4.79 Å². The Morgan fingerprint density at radius 3 is 2.35 bits per heavy atom. The van der Waals surface area contributed by atoms with E-state index < -0.39 is 0 Å². The molecule has 1 unspecified atom stereocenters. The number of methoxy groups -OCH3 is 3. The van der Waals surface area contributed by atoms with Crippen molar-refractivity contribution in [2.45, 2.75) is 25.7 Å². The van der Waals surface area contributed by atoms with E-state index in [2.05, 4.69) is 4.99 Å². The van der Waals surface area contributed by atoms with Crippen LogP contribution in [-0.4, -0.2) is 38.1 Å². The molecule has 4 rings (SSSR count). The van der Waals surface area contributed by atoms with Crippen molar-refractivity contribution < 1.29 is 19.0 Å². The second kappa shape index (κ2) is 6.79. The Labute approximate surface area is 156 Å². The largest absolute Gasteiger partial charge is 0.493 e. The number of carbonyl (C=O) groups excluding carboxylic acids is 1. The second-order valence-electron chi connectivity index (χ2n) is 6.33. The Balaban J connectivity index is 1.73. The summed E-state index contributed by atoms with van der Waals surface area (Å²) in [7, 11) is 4.67. The van der Waals surface area contributed by atoms with Gasteiger partial charge in [0.2, 0.25) is 5.75 Å². The van der Waals surface area contributed by atoms with E-state index in [1.165, 1.54) is 16.9 Å². The zero-order valence-electron chi connectivity index (χ0n) is 15.0. The molecular weight excluding hydrogens is 352 g/mol. The SMILES string of the molecule is COc1cc(C2=NC(=O)C3C(=N2)SC2=C3CCCC2)cc(OC)c1OC. The van der Waals surface area contributed by atoms with Crippen molar-refractivity contribution in [3.63, 3.8) is 0 Å². The molecule has 2 aliphatic heterocycles. The van der Waals surface area contributed by atoms with Gasteiger partial charge in [-0.1, -0.05) is 11.8 Å². The monoisotopic (exact) mass is 372 g/mol. The highest BCUT2D eigenvalue weighted by Crippen LogP contribution is 2.48. The fraction of sp³-hybridized carbons (Fsp3) is 0.421. The zero-order valence-corrected chi connectivity index (χ0v) is 15.8. The maximum Gasteiger partial charge on any atom is 0.261 e. The van der Waals surface area contributed by atoms with E-state index in [1.807, 2.05) is 0 Å². The molecule has 1 aromatic carbocycles. The number of benzene rings is 1. The zero-order chi connectivity index (χ0) is 18.3. The van der Waals surface area contributed by atoms with Crippen LogP contribution in [0, 0.1) is 5.92 Å². The standard InChI is InChI=1S/C19H20N2O4S/c1-23-12-8-10(9-13(24-2)16(12)25-3)17-20-18(22)15-11-6-4-5-7-14(11)26-19(15)21-17/h8-9,15H,4-7H2,1-3H3. The van der Waals surface area contributed by atoms with Gasteiger partial charge in [-0.2, -0.15) is 4.99 Å². The van der Waals surface area contributed by atoms with Crippen LogP contribution in [0.3, 0.4) is 0 Å². The maximum absolute atomic E-state index is 12.7. The lowest BCUT2D eigenvalue weighted by Gasteiger charge is -2.19. The predicted octanol–water partition coefficient (Wildman–Crippen LogP) is 3.59. The van der Waals surface area contributed by atoms with E-state index in [-0.39, 0.29) is 11.8 Å². The van der Waals surface area contributed by atoms with Crippen molar-refractivity contribution >= 4 is 28.5 Å². The number of nitrogens with zero attached hydrogens (tertiary/aromatic N) is 2. The first kappa shape index (κ1) is 17.1. The first-order valence-electron chi connectivity index (χ1n) is 8.57. The minimum atomic E-state index is -0.263. The van der Waals surface area contributed by atoms with Gasteiger partial charge in [0.05, 0.1) is 26.4 Å². The van der Waals surface area contributed by atoms with Crippen LogP contribution < -0.4 is 14.2 Å². The number of amides is 1. The number of ether oxygens (including phenoxy) is 3. The Kier molecular flexibility index (Phi) is 4.48. The van der Waals surface area contributed by atoms with Crippen LogP contribution in [0.2, 0.25) is 0 Å². The fourth-order valence-electron chi connectivity index (χ4n) is 3.64. The number of rotatable bonds is 4. The van der Waals surface area contributed by atoms with Gasteiger partial charge in [-0.25, -0.2) is 4.99 Å². The molecule has 1 aliphatic carbocycles. The summed E-state index contributed by atoms with van der Waals surface area (Å²) in [6, 6.07) is 3.54. The third-order valence-electron chi connectivity index (χ3n) is 4.88. The summed E-state index contributed by atoms with van der Waals surface area (Å²) in [5.41, 5.74) is 1.90. The van der Waals surface area contributed by atoms with Crippen molar-refractivity contribution in [1.29, 1.82) is 0 Å². The van der Waals surface area contributed by atoms with Crippen LogP contribution in [0.1, 0.15) is 31.2 Å². The highest BCUT2D eigenvalue weighted by molar-refractivity contribution is 8.17. The summed E-state index contributed by atoms with van der Waals surface area (Å²) < 4.78 is 16.1. The van der Waals surface area contributed by atoms with E-state index in [4.69, 9.17) is 19.2 Å². The molecule has 6 nitrogen and oxygen atoms in total. The van der Waals surface area contributed by atoms with E-state index >= 15 is 0 Å². The number of carbonyl (C=O) groups is 1. The van der Waals surface area contributed by atoms with Crippen molar-refractivity contribution in [3.05, 3.63) is 28.2 Å². The Hall–Kier alpha value is -2.28. The summed E-state index contributed by atoms with van der Waals surface area (Å²) in [5.74, 6) is 1.53. The molecule has 1 amide bonds. The molecule has 1 aromatic rings. The molecule has 0 spiro atoms. The molecule has 3 aliphatic rings. The highest BCUT2D eigenvalue weighted by atomic mass is 32.2. The molecule has 0 radical (unpaired) electrons. The Morgan fingerprint density at radius 1 is 1.00 bits per heavy atom. The highest BCUT2D eigenvalue weighted by Gasteiger charge is 2.40. The molecule has 0 N–H and O–H groups in total. The quantitative estimate of drug-likeness (QED) is 0.808. The van der Waals surface area contributed by atoms with Crippen molar-refractivity contribution in [3.8, 4) is 17.2 Å². The van der Waals surface area contributed by atoms with Crippen LogP contribution in [0.5, 0.6) is 17.2 Å². The normalized spacial score (nSPS) is 21.7. The molecule has 7 heteroatoms. The molecule has 26 heavy (non-hydrogen) atoms. The van der Waals surface area contributed by atoms with Crippen molar-refractivity contribution in [1.82, 2.24) is 0 Å². The minimum Gasteiger partial charge on any atom is -0.493 e. The van der Waals surface area contributed by atoms with Gasteiger partial charge in [-0.05, 0) is 48.3 Å². The first-order valence-corrected chi connectivity index (χ1v) is 9.39. The molecule has 1 atom stereocenters. The molecule has 0 saturated heterocycles. The molecule has 136 valence electrons. The van der Waals surface area contributed by atoms with Gasteiger partial charge in [0.15, 0.2) is 17.3 Å². The molecular formula is C19H20N2O4S. The fourth-order valence-corrected chi connectivity index (χ4v) is 4.98. The van der Waals surface area contributed by atoms with Crippen LogP contribution in [0.15, 0.2) is 32.6 Å². The van der Waals surface area contributed by atoms with Gasteiger partial charge < -0.3 is 14.2 Å². The third kappa shape index (κ3) is 2.70. The van der Waals surface area contributed by atoms with Gasteiger partial charge in [-0.15, -0.1) is 0 Å². The number of aliphatic imine (C=N–C) groups is 2. The number of amidine groups is 1. The molecule has 0 bridgehead atoms. The van der Waals surface area contributed by atoms with Crippen molar-refractivity contribution in [2.24, 2.45) is 15.9 Å². The summed E-state index contributed by atoms with van der Waals surface area (Å²) in [6.07, 6.45) is 4.34. The first-order chi connectivity index (χ1) is 12.7. The summed E-state index contributed by atoms with van der Waals surface area (Å²) in [6.45, 7) is 0. The van der Waals surface area contributed by atoms with Crippen LogP contribution >= 0.6 is 11.8 Å². The summed E-state index contributed by atoms with van der Waals surface area (Å²) >= 11 is 1.65. The van der Waals surface area contributed by atoms with Gasteiger partial charge >= 0.3 is 0 Å². The van der Waals surface area contributed by atoms with Crippen LogP contribution in [0.25, 0.3) is 0 Å². The average molecular weight is 372 g/mol. The molecule has 0 aromatic heterocycles. The second-order valence-corrected chi connectivity index (χ2v) is 7.44. The third-order valence-corrected chi connectivity index (χ3v) is 6.13. The Bertz CT molecular complexity index is 847. The Morgan fingerprint density at radius 2 is 1.69 bits per heavy atom. The number of hydrogen-bond donors (Lipinski definition) is 0. The lowest BCUT2D eigenvalue weighted by atomic mass is 9.89. The summed E-state index contributed by atoms with van der Waals surface area (Å²) in [5, 5.41) is 0.848. The minimum absolute atomic E-state index is 0.127. The van der Waals surface area contributed by atoms with Gasteiger partial charge in [0.25, 0.3) is 5.91 Å². The lowest BCUT2D eigenvalue weighted by molar-refractivity contribution is -0.118. The van der Waals surface area contributed by atoms with E-state index in [1.54, 1.807) is 45.2 Å². The molecule has 0 fully saturated rings. The molecule has 2 heterocycles. The number of fused-ring (bicyclic) bond motifs is 2. The smallest absolute Gasteiger partial charge is 0.261 e. The molecule has 0 saturated carbocycles. The number of hydrogen-bond acceptors (Lipinski definition) is 6. The topological polar surface area (TPSA) is 69.5 Å². The number of thioether (sulfide) groups is 1. The van der Waals surface area contributed by atoms with Gasteiger partial charge in [0, 0.05) is 5.56 Å². The predicted molar refractivity (Wildman–Crippen MR) is 102 cm³/mol. The average Bonchev–Trinajstić information content (AvgIpc) is 3.05. The van der Waals surface area contributed by atoms with Crippen LogP contribution in [-0.2, 0) is 4.79 Å². The van der Waals surface area contributed by atoms with Gasteiger partial charge in [-0.3, -0.25) is 4.79 Å². The summed E-state index contributed by atoms with van der Waals surface area (Å²) in [4.78, 5) is 23.1. The maximum atomic E-state index is 12.7. The van der Waals surface area contributed by atoms with E-state index in [0.717, 1.165) is 24.3 Å². The lowest BCUT2D eigenvalue weighted by Crippen LogP contribution is -2.26. The van der Waals surface area contributed by atoms with Crippen LogP contribution in [0.4, 0.5) is 0 Å².